The van der Waals surface area contributed by atoms with E-state index in [2.05, 4.69) is 5.32 Å². The van der Waals surface area contributed by atoms with Gasteiger partial charge < -0.3 is 5.32 Å². The lowest BCUT2D eigenvalue weighted by molar-refractivity contribution is -0.116. The Kier molecular flexibility index (Phi) is 5.96. The number of carbonyl (C=O) groups excluding carboxylic acids is 1. The summed E-state index contributed by atoms with van der Waals surface area (Å²) in [6.45, 7) is 2.18. The summed E-state index contributed by atoms with van der Waals surface area (Å²) >= 11 is 2.88. The maximum atomic E-state index is 13.1. The number of carbonyl (C=O) groups is 1. The first-order chi connectivity index (χ1) is 14.6. The number of rotatable bonds is 7. The third kappa shape index (κ3) is 4.15. The molecule has 0 unspecified atom stereocenters. The van der Waals surface area contributed by atoms with Gasteiger partial charge in [0.1, 0.15) is 11.2 Å². The molecular formula is C22H21N3O3S2. The largest absolute Gasteiger partial charge is 0.332 e. The molecule has 4 aromatic rings. The average Bonchev–Trinajstić information content (AvgIpc) is 3.43. The van der Waals surface area contributed by atoms with Crippen LogP contribution in [-0.4, -0.2) is 15.0 Å². The summed E-state index contributed by atoms with van der Waals surface area (Å²) in [6.07, 6.45) is 1.47. The van der Waals surface area contributed by atoms with E-state index in [9.17, 15) is 14.4 Å². The van der Waals surface area contributed by atoms with Gasteiger partial charge in [-0.05, 0) is 53.4 Å². The van der Waals surface area contributed by atoms with Crippen molar-refractivity contribution >= 4 is 44.5 Å². The Balaban J connectivity index is 1.64. The fourth-order valence-corrected chi connectivity index (χ4v) is 4.91. The smallest absolute Gasteiger partial charge is 0.325 e. The Bertz CT molecular complexity index is 1300. The maximum absolute atomic E-state index is 13.1. The van der Waals surface area contributed by atoms with Crippen molar-refractivity contribution in [3.05, 3.63) is 84.5 Å². The molecule has 0 fully saturated rings. The summed E-state index contributed by atoms with van der Waals surface area (Å²) in [5.74, 6) is -0.304. The molecule has 1 N–H and O–H groups in total. The number of nitrogens with zero attached hydrogens (tertiary/aromatic N) is 2. The third-order valence-electron chi connectivity index (χ3n) is 4.92. The number of aryl methyl sites for hydroxylation is 2. The highest BCUT2D eigenvalue weighted by Gasteiger charge is 2.16. The Labute approximate surface area is 181 Å². The van der Waals surface area contributed by atoms with Crippen LogP contribution in [0.1, 0.15) is 17.4 Å². The Morgan fingerprint density at radius 3 is 2.67 bits per heavy atom. The molecule has 0 spiro atoms. The average molecular weight is 440 g/mol. The first-order valence-corrected chi connectivity index (χ1v) is 11.4. The molecule has 0 aliphatic carbocycles. The second kappa shape index (κ2) is 8.81. The van der Waals surface area contributed by atoms with E-state index in [4.69, 9.17) is 0 Å². The van der Waals surface area contributed by atoms with Crippen LogP contribution in [0.25, 0.3) is 10.2 Å². The predicted molar refractivity (Wildman–Crippen MR) is 123 cm³/mol. The van der Waals surface area contributed by atoms with Gasteiger partial charge in [0.25, 0.3) is 5.56 Å². The molecule has 4 rings (SSSR count). The van der Waals surface area contributed by atoms with E-state index >= 15 is 0 Å². The van der Waals surface area contributed by atoms with Gasteiger partial charge in [0, 0.05) is 17.1 Å². The number of aromatic nitrogens is 2. The molecule has 0 bridgehead atoms. The third-order valence-corrected chi connectivity index (χ3v) is 6.75. The molecule has 6 nitrogen and oxygen atoms in total. The molecule has 1 aromatic carbocycles. The lowest BCUT2D eigenvalue weighted by atomic mass is 10.1. The number of nitrogens with one attached hydrogen (secondary N) is 1. The van der Waals surface area contributed by atoms with Crippen molar-refractivity contribution in [3.63, 3.8) is 0 Å². The molecule has 1 amide bonds. The van der Waals surface area contributed by atoms with Crippen LogP contribution in [0.2, 0.25) is 0 Å². The zero-order valence-electron chi connectivity index (χ0n) is 16.5. The van der Waals surface area contributed by atoms with Gasteiger partial charge in [-0.2, -0.15) is 0 Å². The highest BCUT2D eigenvalue weighted by atomic mass is 32.1. The van der Waals surface area contributed by atoms with Crippen LogP contribution in [0.15, 0.2) is 62.8 Å². The van der Waals surface area contributed by atoms with Crippen molar-refractivity contribution in [2.75, 3.05) is 5.32 Å². The van der Waals surface area contributed by atoms with E-state index in [0.29, 0.717) is 22.3 Å². The lowest BCUT2D eigenvalue weighted by Gasteiger charge is -2.12. The highest BCUT2D eigenvalue weighted by Crippen LogP contribution is 2.16. The monoisotopic (exact) mass is 439 g/mol. The van der Waals surface area contributed by atoms with Crippen LogP contribution in [0.3, 0.4) is 0 Å². The van der Waals surface area contributed by atoms with E-state index in [1.54, 1.807) is 22.8 Å². The number of thiophene rings is 2. The summed E-state index contributed by atoms with van der Waals surface area (Å²) in [6, 6.07) is 13.3. The zero-order valence-corrected chi connectivity index (χ0v) is 18.1. The summed E-state index contributed by atoms with van der Waals surface area (Å²) in [4.78, 5) is 39.7. The van der Waals surface area contributed by atoms with Crippen molar-refractivity contribution in [3.8, 4) is 0 Å². The van der Waals surface area contributed by atoms with Crippen LogP contribution >= 0.6 is 22.7 Å². The molecule has 30 heavy (non-hydrogen) atoms. The van der Waals surface area contributed by atoms with Crippen LogP contribution in [0.5, 0.6) is 0 Å². The van der Waals surface area contributed by atoms with E-state index in [1.807, 2.05) is 48.7 Å². The fourth-order valence-electron chi connectivity index (χ4n) is 3.37. The number of fused-ring (bicyclic) bond motifs is 1. The van der Waals surface area contributed by atoms with Crippen molar-refractivity contribution in [2.24, 2.45) is 0 Å². The Hall–Kier alpha value is -2.97. The van der Waals surface area contributed by atoms with E-state index in [1.165, 1.54) is 20.5 Å². The van der Waals surface area contributed by atoms with Gasteiger partial charge in [-0.25, -0.2) is 4.79 Å². The number of benzene rings is 1. The van der Waals surface area contributed by atoms with Crippen LogP contribution in [0.4, 0.5) is 5.69 Å². The molecule has 0 atom stereocenters. The van der Waals surface area contributed by atoms with Gasteiger partial charge in [-0.1, -0.05) is 25.1 Å². The van der Waals surface area contributed by atoms with Gasteiger partial charge in [0.15, 0.2) is 0 Å². The first kappa shape index (κ1) is 20.3. The van der Waals surface area contributed by atoms with Gasteiger partial charge in [0.2, 0.25) is 5.91 Å². The first-order valence-electron chi connectivity index (χ1n) is 9.69. The molecular weight excluding hydrogens is 418 g/mol. The molecule has 0 saturated heterocycles. The van der Waals surface area contributed by atoms with Gasteiger partial charge in [0.05, 0.1) is 5.52 Å². The van der Waals surface area contributed by atoms with Crippen molar-refractivity contribution in [2.45, 2.75) is 32.9 Å². The summed E-state index contributed by atoms with van der Waals surface area (Å²) in [5.41, 5.74) is 1.56. The number of hydrogen-bond donors (Lipinski definition) is 1. The minimum Gasteiger partial charge on any atom is -0.325 e. The van der Waals surface area contributed by atoms with Gasteiger partial charge >= 0.3 is 5.69 Å². The quantitative estimate of drug-likeness (QED) is 0.477. The molecule has 8 heteroatoms. The Morgan fingerprint density at radius 1 is 1.03 bits per heavy atom. The second-order valence-corrected chi connectivity index (χ2v) is 8.84. The normalized spacial score (nSPS) is 11.1. The standard InChI is InChI=1S/C22H21N3O3S2/c1-2-15-5-3-6-16(13-15)23-19(26)14-25-18-9-12-30-20(18)21(27)24(22(25)28)10-8-17-7-4-11-29-17/h3-7,9,11-13H,2,8,10,14H2,1H3,(H,23,26). The SMILES string of the molecule is CCc1cccc(NC(=O)Cn2c(=O)n(CCc3cccs3)c(=O)c3sccc32)c1. The summed E-state index contributed by atoms with van der Waals surface area (Å²) in [7, 11) is 0. The molecule has 0 aliphatic heterocycles. The van der Waals surface area contributed by atoms with Crippen molar-refractivity contribution in [1.82, 2.24) is 9.13 Å². The zero-order chi connectivity index (χ0) is 21.1. The van der Waals surface area contributed by atoms with Gasteiger partial charge in [-0.15, -0.1) is 22.7 Å². The lowest BCUT2D eigenvalue weighted by Crippen LogP contribution is -2.41. The molecule has 0 radical (unpaired) electrons. The van der Waals surface area contributed by atoms with Crippen LogP contribution in [0, 0.1) is 0 Å². The highest BCUT2D eigenvalue weighted by molar-refractivity contribution is 7.17. The van der Waals surface area contributed by atoms with Gasteiger partial charge in [-0.3, -0.25) is 18.7 Å². The molecule has 0 saturated carbocycles. The molecule has 3 heterocycles. The minimum absolute atomic E-state index is 0.151. The second-order valence-electron chi connectivity index (χ2n) is 6.89. The number of hydrogen-bond acceptors (Lipinski definition) is 5. The maximum Gasteiger partial charge on any atom is 0.332 e. The van der Waals surface area contributed by atoms with Crippen molar-refractivity contribution in [1.29, 1.82) is 0 Å². The predicted octanol–water partition coefficient (Wildman–Crippen LogP) is 3.73. The summed E-state index contributed by atoms with van der Waals surface area (Å²) in [5, 5.41) is 6.60. The van der Waals surface area contributed by atoms with Crippen molar-refractivity contribution < 1.29 is 4.79 Å². The van der Waals surface area contributed by atoms with Crippen LogP contribution < -0.4 is 16.6 Å². The molecule has 154 valence electrons. The number of amides is 1. The van der Waals surface area contributed by atoms with E-state index in [0.717, 1.165) is 16.9 Å². The fraction of sp³-hybridized carbons (Fsp3) is 0.227. The summed E-state index contributed by atoms with van der Waals surface area (Å²) < 4.78 is 3.12. The number of anilines is 1. The van der Waals surface area contributed by atoms with E-state index < -0.39 is 5.69 Å². The Morgan fingerprint density at radius 2 is 1.90 bits per heavy atom. The topological polar surface area (TPSA) is 73.1 Å². The minimum atomic E-state index is -0.458. The van der Waals surface area contributed by atoms with E-state index in [-0.39, 0.29) is 24.6 Å². The molecule has 0 aliphatic rings. The molecule has 3 aromatic heterocycles. The van der Waals surface area contributed by atoms with Crippen LogP contribution in [-0.2, 0) is 30.7 Å².